The lowest BCUT2D eigenvalue weighted by molar-refractivity contribution is -0.277. The van der Waals surface area contributed by atoms with Crippen molar-refractivity contribution in [3.63, 3.8) is 0 Å². The van der Waals surface area contributed by atoms with E-state index in [1.54, 1.807) is 24.3 Å². The van der Waals surface area contributed by atoms with Gasteiger partial charge in [-0.25, -0.2) is 0 Å². The van der Waals surface area contributed by atoms with Gasteiger partial charge in [-0.05, 0) is 24.3 Å². The second-order valence-corrected chi connectivity index (χ2v) is 4.38. The molecule has 0 amide bonds. The number of rotatable bonds is 3. The van der Waals surface area contributed by atoms with Gasteiger partial charge in [0.05, 0.1) is 6.61 Å². The van der Waals surface area contributed by atoms with Crippen LogP contribution in [0.4, 0.5) is 5.69 Å². The van der Waals surface area contributed by atoms with Crippen molar-refractivity contribution in [2.24, 2.45) is 0 Å². The third-order valence-corrected chi connectivity index (χ3v) is 2.98. The summed E-state index contributed by atoms with van der Waals surface area (Å²) in [6, 6.07) is 6.38. The second kappa shape index (κ2) is 5.72. The maximum absolute atomic E-state index is 9.77. The van der Waals surface area contributed by atoms with Gasteiger partial charge in [0, 0.05) is 5.69 Å². The minimum Gasteiger partial charge on any atom is -0.462 e. The highest BCUT2D eigenvalue weighted by Crippen LogP contribution is 2.24. The number of aliphatic hydroxyl groups is 4. The number of aliphatic hydroxyl groups excluding tert-OH is 4. The number of hydrogen-bond acceptors (Lipinski definition) is 7. The molecule has 1 saturated heterocycles. The Morgan fingerprint density at radius 3 is 2.26 bits per heavy atom. The number of benzene rings is 1. The van der Waals surface area contributed by atoms with E-state index in [-0.39, 0.29) is 0 Å². The molecule has 106 valence electrons. The summed E-state index contributed by atoms with van der Waals surface area (Å²) in [5.41, 5.74) is 6.09. The Morgan fingerprint density at radius 2 is 1.68 bits per heavy atom. The van der Waals surface area contributed by atoms with Gasteiger partial charge in [-0.3, -0.25) is 0 Å². The molecule has 1 aromatic rings. The lowest BCUT2D eigenvalue weighted by Crippen LogP contribution is -2.60. The van der Waals surface area contributed by atoms with Crippen LogP contribution in [-0.2, 0) is 4.74 Å². The Bertz CT molecular complexity index is 409. The molecule has 5 atom stereocenters. The summed E-state index contributed by atoms with van der Waals surface area (Å²) in [4.78, 5) is 0. The molecule has 6 N–H and O–H groups in total. The molecule has 1 aliphatic heterocycles. The van der Waals surface area contributed by atoms with Crippen LogP contribution >= 0.6 is 0 Å². The van der Waals surface area contributed by atoms with Crippen molar-refractivity contribution in [2.75, 3.05) is 12.3 Å². The molecule has 1 aliphatic rings. The van der Waals surface area contributed by atoms with E-state index in [2.05, 4.69) is 0 Å². The molecule has 1 heterocycles. The van der Waals surface area contributed by atoms with Crippen molar-refractivity contribution < 1.29 is 29.9 Å². The van der Waals surface area contributed by atoms with Gasteiger partial charge in [-0.15, -0.1) is 0 Å². The Balaban J connectivity index is 2.08. The van der Waals surface area contributed by atoms with Crippen LogP contribution < -0.4 is 10.5 Å². The molecule has 1 aromatic carbocycles. The van der Waals surface area contributed by atoms with Crippen LogP contribution in [0.15, 0.2) is 24.3 Å². The first-order valence-electron chi connectivity index (χ1n) is 5.85. The molecule has 0 saturated carbocycles. The van der Waals surface area contributed by atoms with E-state index < -0.39 is 37.3 Å². The number of hydrogen-bond donors (Lipinski definition) is 5. The van der Waals surface area contributed by atoms with Gasteiger partial charge in [0.15, 0.2) is 0 Å². The Labute approximate surface area is 109 Å². The lowest BCUT2D eigenvalue weighted by Gasteiger charge is -2.39. The summed E-state index contributed by atoms with van der Waals surface area (Å²) in [5, 5.41) is 38.0. The molecule has 0 aliphatic carbocycles. The topological polar surface area (TPSA) is 125 Å². The maximum atomic E-state index is 9.77. The van der Waals surface area contributed by atoms with Crippen LogP contribution in [0.5, 0.6) is 5.75 Å². The SMILES string of the molecule is Nc1ccc(O[C@@H]2O[C@@H](CO)[C@@H](O)[C@H](O)[C@@H]2O)cc1. The first-order chi connectivity index (χ1) is 9.02. The maximum Gasteiger partial charge on any atom is 0.229 e. The van der Waals surface area contributed by atoms with E-state index in [1.807, 2.05) is 0 Å². The van der Waals surface area contributed by atoms with Crippen LogP contribution in [0.1, 0.15) is 0 Å². The number of ether oxygens (including phenoxy) is 2. The highest BCUT2D eigenvalue weighted by Gasteiger charge is 2.44. The van der Waals surface area contributed by atoms with E-state index in [0.29, 0.717) is 11.4 Å². The van der Waals surface area contributed by atoms with Gasteiger partial charge in [-0.1, -0.05) is 0 Å². The molecule has 2 rings (SSSR count). The minimum absolute atomic E-state index is 0.388. The predicted molar refractivity (Wildman–Crippen MR) is 65.2 cm³/mol. The van der Waals surface area contributed by atoms with Crippen molar-refractivity contribution in [3.05, 3.63) is 24.3 Å². The molecule has 1 fully saturated rings. The highest BCUT2D eigenvalue weighted by molar-refractivity contribution is 5.41. The van der Waals surface area contributed by atoms with Crippen LogP contribution in [0.25, 0.3) is 0 Å². The summed E-state index contributed by atoms with van der Waals surface area (Å²) in [6.07, 6.45) is -6.44. The fourth-order valence-electron chi connectivity index (χ4n) is 1.85. The van der Waals surface area contributed by atoms with Gasteiger partial charge in [0.2, 0.25) is 6.29 Å². The lowest BCUT2D eigenvalue weighted by atomic mass is 9.99. The average Bonchev–Trinajstić information content (AvgIpc) is 2.42. The highest BCUT2D eigenvalue weighted by atomic mass is 16.7. The van der Waals surface area contributed by atoms with Gasteiger partial charge >= 0.3 is 0 Å². The normalized spacial score (nSPS) is 35.1. The Hall–Kier alpha value is -1.38. The first kappa shape index (κ1) is 14.0. The largest absolute Gasteiger partial charge is 0.462 e. The van der Waals surface area contributed by atoms with Gasteiger partial charge in [-0.2, -0.15) is 0 Å². The molecule has 0 spiro atoms. The van der Waals surface area contributed by atoms with Crippen molar-refractivity contribution in [3.8, 4) is 5.75 Å². The molecular weight excluding hydrogens is 254 g/mol. The molecule has 0 aromatic heterocycles. The van der Waals surface area contributed by atoms with Crippen LogP contribution in [-0.4, -0.2) is 57.7 Å². The number of nitrogen functional groups attached to an aromatic ring is 1. The zero-order valence-corrected chi connectivity index (χ0v) is 10.1. The third-order valence-electron chi connectivity index (χ3n) is 2.98. The summed E-state index contributed by atoms with van der Waals surface area (Å²) in [7, 11) is 0. The standard InChI is InChI=1S/C12H17NO6/c13-6-1-3-7(4-2-6)18-12-11(17)10(16)9(15)8(5-14)19-12/h1-4,8-12,14-17H,5,13H2/t8-,9+,10-,11-,12+/m0/s1. The van der Waals surface area contributed by atoms with Crippen LogP contribution in [0.3, 0.4) is 0 Å². The van der Waals surface area contributed by atoms with E-state index in [1.165, 1.54) is 0 Å². The smallest absolute Gasteiger partial charge is 0.229 e. The number of anilines is 1. The van der Waals surface area contributed by atoms with Crippen molar-refractivity contribution >= 4 is 5.69 Å². The molecule has 7 nitrogen and oxygen atoms in total. The van der Waals surface area contributed by atoms with E-state index >= 15 is 0 Å². The monoisotopic (exact) mass is 271 g/mol. The summed E-state index contributed by atoms with van der Waals surface area (Å²) in [5.74, 6) is 0.388. The first-order valence-corrected chi connectivity index (χ1v) is 5.85. The van der Waals surface area contributed by atoms with Gasteiger partial charge in [0.1, 0.15) is 30.2 Å². The molecule has 19 heavy (non-hydrogen) atoms. The molecule has 0 bridgehead atoms. The zero-order valence-electron chi connectivity index (χ0n) is 10.1. The fraction of sp³-hybridized carbons (Fsp3) is 0.500. The van der Waals surface area contributed by atoms with Gasteiger partial charge in [0.25, 0.3) is 0 Å². The average molecular weight is 271 g/mol. The molecular formula is C12H17NO6. The number of nitrogens with two attached hydrogens (primary N) is 1. The molecule has 0 radical (unpaired) electrons. The van der Waals surface area contributed by atoms with Crippen LogP contribution in [0.2, 0.25) is 0 Å². The van der Waals surface area contributed by atoms with E-state index in [0.717, 1.165) is 0 Å². The summed E-state index contributed by atoms with van der Waals surface area (Å²) < 4.78 is 10.6. The Morgan fingerprint density at radius 1 is 1.05 bits per heavy atom. The second-order valence-electron chi connectivity index (χ2n) is 4.38. The minimum atomic E-state index is -1.45. The third kappa shape index (κ3) is 2.96. The van der Waals surface area contributed by atoms with Gasteiger partial charge < -0.3 is 35.6 Å². The van der Waals surface area contributed by atoms with Crippen molar-refractivity contribution in [2.45, 2.75) is 30.7 Å². The van der Waals surface area contributed by atoms with Crippen LogP contribution in [0, 0.1) is 0 Å². The fourth-order valence-corrected chi connectivity index (χ4v) is 1.85. The summed E-state index contributed by atoms with van der Waals surface area (Å²) in [6.45, 7) is -0.494. The zero-order chi connectivity index (χ0) is 14.0. The summed E-state index contributed by atoms with van der Waals surface area (Å²) >= 11 is 0. The van der Waals surface area contributed by atoms with E-state index in [9.17, 15) is 15.3 Å². The molecule has 0 unspecified atom stereocenters. The van der Waals surface area contributed by atoms with E-state index in [4.69, 9.17) is 20.3 Å². The Kier molecular flexibility index (Phi) is 4.23. The quantitative estimate of drug-likeness (QED) is 0.421. The van der Waals surface area contributed by atoms with Crippen molar-refractivity contribution in [1.29, 1.82) is 0 Å². The molecule has 7 heteroatoms. The predicted octanol–water partition coefficient (Wildman–Crippen LogP) is -1.55. The van der Waals surface area contributed by atoms with Crippen molar-refractivity contribution in [1.82, 2.24) is 0 Å².